The summed E-state index contributed by atoms with van der Waals surface area (Å²) >= 11 is 0. The number of nitrogens with zero attached hydrogens (tertiary/aromatic N) is 1. The van der Waals surface area contributed by atoms with Gasteiger partial charge in [-0.05, 0) is 36.5 Å². The van der Waals surface area contributed by atoms with Crippen molar-refractivity contribution in [3.63, 3.8) is 0 Å². The van der Waals surface area contributed by atoms with Gasteiger partial charge >= 0.3 is 7.05 Å². The van der Waals surface area contributed by atoms with Gasteiger partial charge in [0.1, 0.15) is 12.4 Å². The summed E-state index contributed by atoms with van der Waals surface area (Å²) < 4.78 is 5.85. The van der Waals surface area contributed by atoms with Crippen LogP contribution in [-0.2, 0) is 17.9 Å². The first-order valence-electron chi connectivity index (χ1n) is 8.60. The van der Waals surface area contributed by atoms with Crippen LogP contribution in [0.1, 0.15) is 17.5 Å². The molecule has 0 radical (unpaired) electrons. The largest absolute Gasteiger partial charge is 0.489 e. The van der Waals surface area contributed by atoms with Crippen molar-refractivity contribution in [3.05, 3.63) is 65.7 Å². The van der Waals surface area contributed by atoms with Crippen LogP contribution in [0.3, 0.4) is 0 Å². The molecular formula is C19H23BN2O3. The van der Waals surface area contributed by atoms with Crippen molar-refractivity contribution in [3.8, 4) is 5.75 Å². The lowest BCUT2D eigenvalue weighted by atomic mass is 9.87. The fraction of sp³-hybridized carbons (Fsp3) is 0.316. The molecule has 2 N–H and O–H groups in total. The quantitative estimate of drug-likeness (QED) is 0.759. The van der Waals surface area contributed by atoms with Gasteiger partial charge in [-0.1, -0.05) is 42.5 Å². The predicted molar refractivity (Wildman–Crippen MR) is 98.0 cm³/mol. The Labute approximate surface area is 148 Å². The van der Waals surface area contributed by atoms with Gasteiger partial charge in [-0.2, -0.15) is 0 Å². The monoisotopic (exact) mass is 338 g/mol. The van der Waals surface area contributed by atoms with Crippen LogP contribution in [0.25, 0.3) is 0 Å². The second-order valence-corrected chi connectivity index (χ2v) is 6.37. The van der Waals surface area contributed by atoms with Crippen molar-refractivity contribution < 1.29 is 14.6 Å². The molecule has 2 aromatic carbocycles. The van der Waals surface area contributed by atoms with Gasteiger partial charge in [0.15, 0.2) is 0 Å². The van der Waals surface area contributed by atoms with Crippen LogP contribution in [0.15, 0.2) is 54.6 Å². The number of nitrogens with one attached hydrogen (secondary N) is 1. The molecule has 0 aliphatic carbocycles. The van der Waals surface area contributed by atoms with E-state index in [0.717, 1.165) is 16.9 Å². The Morgan fingerprint density at radius 3 is 2.72 bits per heavy atom. The molecule has 5 nitrogen and oxygen atoms in total. The van der Waals surface area contributed by atoms with Crippen LogP contribution in [0.2, 0.25) is 6.82 Å². The third kappa shape index (κ3) is 4.84. The van der Waals surface area contributed by atoms with Crippen LogP contribution in [-0.4, -0.2) is 35.5 Å². The van der Waals surface area contributed by atoms with E-state index in [2.05, 4.69) is 5.23 Å². The second-order valence-electron chi connectivity index (χ2n) is 6.37. The molecule has 6 heteroatoms. The van der Waals surface area contributed by atoms with E-state index in [1.165, 1.54) is 0 Å². The summed E-state index contributed by atoms with van der Waals surface area (Å²) in [5.74, 6) is 0.836. The first kappa shape index (κ1) is 17.5. The maximum absolute atomic E-state index is 12.4. The molecule has 1 atom stereocenters. The molecule has 1 aliphatic rings. The lowest BCUT2D eigenvalue weighted by Gasteiger charge is -2.18. The molecule has 2 aromatic rings. The number of rotatable bonds is 7. The zero-order valence-corrected chi connectivity index (χ0v) is 14.4. The zero-order valence-electron chi connectivity index (χ0n) is 14.4. The Morgan fingerprint density at radius 2 is 1.96 bits per heavy atom. The fourth-order valence-corrected chi connectivity index (χ4v) is 3.04. The van der Waals surface area contributed by atoms with Gasteiger partial charge in [0.05, 0.1) is 6.04 Å². The molecule has 1 heterocycles. The summed E-state index contributed by atoms with van der Waals surface area (Å²) in [5.41, 5.74) is 2.16. The molecule has 1 aliphatic heterocycles. The van der Waals surface area contributed by atoms with Crippen molar-refractivity contribution >= 4 is 13.0 Å². The molecule has 1 amide bonds. The van der Waals surface area contributed by atoms with E-state index in [-0.39, 0.29) is 11.9 Å². The summed E-state index contributed by atoms with van der Waals surface area (Å²) in [6, 6.07) is 17.6. The smallest absolute Gasteiger partial charge is 0.374 e. The van der Waals surface area contributed by atoms with E-state index < -0.39 is 7.05 Å². The minimum Gasteiger partial charge on any atom is -0.489 e. The summed E-state index contributed by atoms with van der Waals surface area (Å²) in [5, 5.41) is 12.3. The molecule has 0 unspecified atom stereocenters. The molecule has 1 saturated heterocycles. The Bertz CT molecular complexity index is 709. The van der Waals surface area contributed by atoms with E-state index in [4.69, 9.17) is 4.74 Å². The van der Waals surface area contributed by atoms with E-state index in [1.54, 1.807) is 6.82 Å². The lowest BCUT2D eigenvalue weighted by molar-refractivity contribution is -0.129. The van der Waals surface area contributed by atoms with Crippen LogP contribution in [0.4, 0.5) is 0 Å². The Kier molecular flexibility index (Phi) is 5.73. The minimum atomic E-state index is -0.677. The van der Waals surface area contributed by atoms with Gasteiger partial charge in [0, 0.05) is 13.1 Å². The second kappa shape index (κ2) is 8.18. The predicted octanol–water partition coefficient (Wildman–Crippen LogP) is 2.07. The van der Waals surface area contributed by atoms with Gasteiger partial charge < -0.3 is 19.9 Å². The van der Waals surface area contributed by atoms with E-state index in [0.29, 0.717) is 26.1 Å². The van der Waals surface area contributed by atoms with E-state index in [9.17, 15) is 9.82 Å². The minimum absolute atomic E-state index is 0.0384. The highest BCUT2D eigenvalue weighted by atomic mass is 16.5. The average Bonchev–Trinajstić information content (AvgIpc) is 2.94. The third-order valence-corrected chi connectivity index (χ3v) is 4.26. The van der Waals surface area contributed by atoms with Crippen molar-refractivity contribution in [2.45, 2.75) is 32.4 Å². The van der Waals surface area contributed by atoms with E-state index >= 15 is 0 Å². The summed E-state index contributed by atoms with van der Waals surface area (Å²) in [6.45, 7) is 3.40. The molecule has 3 rings (SSSR count). The van der Waals surface area contributed by atoms with Crippen molar-refractivity contribution in [1.29, 1.82) is 0 Å². The summed E-state index contributed by atoms with van der Waals surface area (Å²) in [6.07, 6.45) is 0.716. The van der Waals surface area contributed by atoms with E-state index in [1.807, 2.05) is 59.5 Å². The number of amides is 1. The van der Waals surface area contributed by atoms with Gasteiger partial charge in [-0.3, -0.25) is 4.79 Å². The molecule has 0 saturated carbocycles. The maximum atomic E-state index is 12.4. The first-order chi connectivity index (χ1) is 12.1. The Morgan fingerprint density at radius 1 is 1.20 bits per heavy atom. The lowest BCUT2D eigenvalue weighted by Crippen LogP contribution is -2.44. The SMILES string of the molecule is CB(O)N[C@@H]1CCN(Cc2cccc(OCc3ccccc3)c2)C1=O. The van der Waals surface area contributed by atoms with Crippen molar-refractivity contribution in [2.24, 2.45) is 0 Å². The molecule has 0 bridgehead atoms. The number of ether oxygens (including phenoxy) is 1. The number of benzene rings is 2. The van der Waals surface area contributed by atoms with Gasteiger partial charge in [0.2, 0.25) is 5.91 Å². The normalized spacial score (nSPS) is 17.0. The number of likely N-dealkylation sites (tertiary alicyclic amines) is 1. The molecule has 1 fully saturated rings. The van der Waals surface area contributed by atoms with Crippen LogP contribution < -0.4 is 9.96 Å². The van der Waals surface area contributed by atoms with Gasteiger partial charge in [-0.15, -0.1) is 0 Å². The standard InChI is InChI=1S/C19H23BN2O3/c1-20(24)21-18-10-11-22(19(18)23)13-16-8-5-9-17(12-16)25-14-15-6-3-2-4-7-15/h2-9,12,18,21,24H,10-11,13-14H2,1H3/t18-/m1/s1. The Hall–Kier alpha value is -2.31. The molecular weight excluding hydrogens is 315 g/mol. The number of hydrogen-bond donors (Lipinski definition) is 2. The molecule has 0 spiro atoms. The fourth-order valence-electron chi connectivity index (χ4n) is 3.04. The summed E-state index contributed by atoms with van der Waals surface area (Å²) in [4.78, 5) is 14.2. The van der Waals surface area contributed by atoms with Crippen LogP contribution >= 0.6 is 0 Å². The van der Waals surface area contributed by atoms with Crippen LogP contribution in [0.5, 0.6) is 5.75 Å². The maximum Gasteiger partial charge on any atom is 0.374 e. The van der Waals surface area contributed by atoms with Crippen LogP contribution in [0, 0.1) is 0 Å². The van der Waals surface area contributed by atoms with Gasteiger partial charge in [0.25, 0.3) is 0 Å². The zero-order chi connectivity index (χ0) is 17.6. The Balaban J connectivity index is 1.58. The number of hydrogen-bond acceptors (Lipinski definition) is 4. The number of carbonyl (C=O) groups excluding carboxylic acids is 1. The molecule has 130 valence electrons. The highest BCUT2D eigenvalue weighted by Crippen LogP contribution is 2.19. The third-order valence-electron chi connectivity index (χ3n) is 4.26. The highest BCUT2D eigenvalue weighted by molar-refractivity contribution is 6.46. The molecule has 25 heavy (non-hydrogen) atoms. The topological polar surface area (TPSA) is 61.8 Å². The average molecular weight is 338 g/mol. The highest BCUT2D eigenvalue weighted by Gasteiger charge is 2.32. The molecule has 0 aromatic heterocycles. The van der Waals surface area contributed by atoms with Crippen molar-refractivity contribution in [2.75, 3.05) is 6.54 Å². The number of carbonyl (C=O) groups is 1. The summed E-state index contributed by atoms with van der Waals surface area (Å²) in [7, 11) is -0.677. The first-order valence-corrected chi connectivity index (χ1v) is 8.60. The van der Waals surface area contributed by atoms with Crippen molar-refractivity contribution in [1.82, 2.24) is 10.1 Å². The van der Waals surface area contributed by atoms with Gasteiger partial charge in [-0.25, -0.2) is 0 Å².